The van der Waals surface area contributed by atoms with Gasteiger partial charge in [0, 0.05) is 86.5 Å². The van der Waals surface area contributed by atoms with Crippen molar-refractivity contribution in [2.75, 3.05) is 0 Å². The van der Waals surface area contributed by atoms with Crippen molar-refractivity contribution < 1.29 is 8.83 Å². The molecule has 18 aromatic carbocycles. The molecule has 10 nitrogen and oxygen atoms in total. The van der Waals surface area contributed by atoms with Gasteiger partial charge in [-0.25, -0.2) is 19.9 Å². The highest BCUT2D eigenvalue weighted by molar-refractivity contribution is 6.38. The standard InChI is InChI=1S/C114H64N8O2/c1-4-20-65(21-5-1)76-52-56-93-89(59-76)101-97(63-87-81-54-50-78(66-22-6-2-7-23-66)61-95(81)119-91-32-16-12-28-83(91)103(101)107(87)119)121(93)113-109-105(85-30-14-18-34-99(85)123-109)115-111(117-113)74-47-44-72(45-48-74)70-38-36-69(37-39-70)71-40-42-73(43-41-71)77-53-57-94-90(60-77)102-98(64-88-82-55-51-79(67-24-8-3-9-25-67)62-96(82)120-92-33-17-13-29-84(92)104(102)108(88)120)122(94)114-110-106(86-31-15-19-35-100(86)124-110)116-112(118-114)80-49-46-68-26-10-11-27-75(68)58-80/h1-64H. The molecule has 10 heteroatoms. The Morgan fingerprint density at radius 1 is 0.185 bits per heavy atom. The molecule has 0 unspecified atom stereocenters. The minimum absolute atomic E-state index is 0.602. The Labute approximate surface area is 706 Å². The molecule has 0 fully saturated rings. The van der Waals surface area contributed by atoms with E-state index in [-0.39, 0.29) is 0 Å². The summed E-state index contributed by atoms with van der Waals surface area (Å²) in [5.74, 6) is 2.58. The van der Waals surface area contributed by atoms with Crippen molar-refractivity contribution in [2.45, 2.75) is 0 Å². The molecule has 28 aromatic rings. The lowest BCUT2D eigenvalue weighted by atomic mass is 9.96. The van der Waals surface area contributed by atoms with E-state index in [1.807, 2.05) is 24.3 Å². The lowest BCUT2D eigenvalue weighted by Gasteiger charge is -2.11. The zero-order valence-electron chi connectivity index (χ0n) is 66.3. The van der Waals surface area contributed by atoms with Crippen molar-refractivity contribution in [2.24, 2.45) is 0 Å². The van der Waals surface area contributed by atoms with Crippen LogP contribution in [0.3, 0.4) is 0 Å². The third-order valence-corrected chi connectivity index (χ3v) is 26.5. The number of hydrogen-bond donors (Lipinski definition) is 0. The zero-order valence-corrected chi connectivity index (χ0v) is 66.3. The third-order valence-electron chi connectivity index (χ3n) is 26.5. The molecule has 124 heavy (non-hydrogen) atoms. The first-order valence-corrected chi connectivity index (χ1v) is 42.2. The summed E-state index contributed by atoms with van der Waals surface area (Å²) in [6.45, 7) is 0. The topological polar surface area (TPSA) is 96.5 Å². The number of rotatable bonds is 10. The number of hydrogen-bond acceptors (Lipinski definition) is 6. The van der Waals surface area contributed by atoms with Crippen molar-refractivity contribution in [3.8, 4) is 101 Å². The van der Waals surface area contributed by atoms with Gasteiger partial charge in [0.15, 0.2) is 34.5 Å². The Bertz CT molecular complexity index is 9400. The lowest BCUT2D eigenvalue weighted by molar-refractivity contribution is 0.662. The van der Waals surface area contributed by atoms with Gasteiger partial charge in [0.05, 0.1) is 55.2 Å². The summed E-state index contributed by atoms with van der Waals surface area (Å²) < 4.78 is 23.8. The van der Waals surface area contributed by atoms with Gasteiger partial charge in [0.2, 0.25) is 0 Å². The molecule has 0 spiro atoms. The first-order valence-electron chi connectivity index (χ1n) is 42.2. The number of furan rings is 2. The average molecular weight is 1580 g/mol. The van der Waals surface area contributed by atoms with E-state index in [1.165, 1.54) is 87.4 Å². The van der Waals surface area contributed by atoms with E-state index in [0.29, 0.717) is 34.5 Å². The molecular weight excluding hydrogens is 1510 g/mol. The van der Waals surface area contributed by atoms with Gasteiger partial charge < -0.3 is 17.6 Å². The molecular formula is C114H64N8O2. The van der Waals surface area contributed by atoms with Gasteiger partial charge in [0.1, 0.15) is 22.2 Å². The molecule has 572 valence electrons. The molecule has 0 aliphatic carbocycles. The van der Waals surface area contributed by atoms with Gasteiger partial charge in [0.25, 0.3) is 0 Å². The molecule has 10 heterocycles. The van der Waals surface area contributed by atoms with Crippen LogP contribution in [0, 0.1) is 0 Å². The van der Waals surface area contributed by atoms with Crippen LogP contribution in [0.25, 0.3) is 276 Å². The Morgan fingerprint density at radius 3 is 0.992 bits per heavy atom. The molecule has 0 radical (unpaired) electrons. The highest BCUT2D eigenvalue weighted by atomic mass is 16.3. The zero-order chi connectivity index (χ0) is 80.7. The van der Waals surface area contributed by atoms with Crippen molar-refractivity contribution in [1.82, 2.24) is 37.9 Å². The van der Waals surface area contributed by atoms with Crippen LogP contribution in [0.5, 0.6) is 0 Å². The molecule has 0 aliphatic heterocycles. The summed E-state index contributed by atoms with van der Waals surface area (Å²) in [4.78, 5) is 22.3. The fourth-order valence-electron chi connectivity index (χ4n) is 20.8. The molecule has 0 amide bonds. The maximum absolute atomic E-state index is 7.02. The monoisotopic (exact) mass is 1580 g/mol. The van der Waals surface area contributed by atoms with Crippen LogP contribution in [-0.4, -0.2) is 37.9 Å². The van der Waals surface area contributed by atoms with E-state index in [9.17, 15) is 0 Å². The van der Waals surface area contributed by atoms with E-state index < -0.39 is 0 Å². The normalized spacial score (nSPS) is 12.4. The molecule has 0 atom stereocenters. The third kappa shape index (κ3) is 9.58. The fourth-order valence-corrected chi connectivity index (χ4v) is 20.8. The minimum atomic E-state index is 0.602. The van der Waals surface area contributed by atoms with E-state index in [4.69, 9.17) is 28.8 Å². The van der Waals surface area contributed by atoms with Crippen LogP contribution < -0.4 is 0 Å². The number of aromatic nitrogens is 8. The van der Waals surface area contributed by atoms with Gasteiger partial charge in [-0.15, -0.1) is 0 Å². The Balaban J connectivity index is 0.560. The van der Waals surface area contributed by atoms with Crippen LogP contribution in [0.1, 0.15) is 0 Å². The predicted molar refractivity (Wildman–Crippen MR) is 511 cm³/mol. The van der Waals surface area contributed by atoms with Crippen LogP contribution in [0.15, 0.2) is 397 Å². The smallest absolute Gasteiger partial charge is 0.197 e. The van der Waals surface area contributed by atoms with Crippen molar-refractivity contribution in [1.29, 1.82) is 0 Å². The maximum Gasteiger partial charge on any atom is 0.197 e. The molecule has 0 aliphatic rings. The summed E-state index contributed by atoms with van der Waals surface area (Å²) in [6.07, 6.45) is 0. The number of fused-ring (bicyclic) bond motifs is 27. The van der Waals surface area contributed by atoms with Crippen molar-refractivity contribution in [3.05, 3.63) is 388 Å². The molecule has 0 bridgehead atoms. The summed E-state index contributed by atoms with van der Waals surface area (Å²) in [5, 5.41) is 18.2. The van der Waals surface area contributed by atoms with Crippen molar-refractivity contribution in [3.63, 3.8) is 0 Å². The first-order chi connectivity index (χ1) is 61.5. The maximum atomic E-state index is 7.02. The van der Waals surface area contributed by atoms with Crippen molar-refractivity contribution >= 4 is 175 Å². The number of para-hydroxylation sites is 4. The van der Waals surface area contributed by atoms with Crippen LogP contribution >= 0.6 is 0 Å². The molecule has 0 saturated carbocycles. The van der Waals surface area contributed by atoms with E-state index in [1.54, 1.807) is 0 Å². The van der Waals surface area contributed by atoms with Crippen LogP contribution in [0.4, 0.5) is 0 Å². The first kappa shape index (κ1) is 67.1. The van der Waals surface area contributed by atoms with Crippen LogP contribution in [-0.2, 0) is 0 Å². The van der Waals surface area contributed by atoms with Gasteiger partial charge in [-0.2, -0.15) is 0 Å². The summed E-state index contributed by atoms with van der Waals surface area (Å²) in [7, 11) is 0. The Morgan fingerprint density at radius 2 is 0.532 bits per heavy atom. The lowest BCUT2D eigenvalue weighted by Crippen LogP contribution is -2.02. The molecule has 0 N–H and O–H groups in total. The quantitative estimate of drug-likeness (QED) is 0.135. The van der Waals surface area contributed by atoms with Gasteiger partial charge in [-0.3, -0.25) is 9.13 Å². The second-order valence-corrected chi connectivity index (χ2v) is 33.1. The summed E-state index contributed by atoms with van der Waals surface area (Å²) in [6, 6.07) is 141. The van der Waals surface area contributed by atoms with Gasteiger partial charge in [-0.05, 0) is 169 Å². The van der Waals surface area contributed by atoms with E-state index in [2.05, 4.69) is 382 Å². The predicted octanol–water partition coefficient (Wildman–Crippen LogP) is 30.0. The fraction of sp³-hybridized carbons (Fsp3) is 0. The summed E-state index contributed by atoms with van der Waals surface area (Å²) in [5.41, 5.74) is 30.9. The highest BCUT2D eigenvalue weighted by Crippen LogP contribution is 2.52. The molecule has 28 rings (SSSR count). The second-order valence-electron chi connectivity index (χ2n) is 33.1. The molecule has 10 aromatic heterocycles. The van der Waals surface area contributed by atoms with Crippen LogP contribution in [0.2, 0.25) is 0 Å². The van der Waals surface area contributed by atoms with Gasteiger partial charge in [-0.1, -0.05) is 297 Å². The molecule has 0 saturated heterocycles. The Kier molecular flexibility index (Phi) is 13.7. The van der Waals surface area contributed by atoms with E-state index in [0.717, 1.165) is 154 Å². The minimum Gasteiger partial charge on any atom is -0.450 e. The number of benzene rings is 18. The average Bonchev–Trinajstić information content (AvgIpc) is 1.51. The summed E-state index contributed by atoms with van der Waals surface area (Å²) >= 11 is 0. The number of nitrogens with zero attached hydrogens (tertiary/aromatic N) is 8. The second kappa shape index (κ2) is 25.4. The van der Waals surface area contributed by atoms with E-state index >= 15 is 0 Å². The highest BCUT2D eigenvalue weighted by Gasteiger charge is 2.32. The Hall–Kier alpha value is -16.8. The largest absolute Gasteiger partial charge is 0.450 e. The van der Waals surface area contributed by atoms with Gasteiger partial charge >= 0.3 is 0 Å². The SMILES string of the molecule is c1ccc(-c2ccc3c(c2)c2c4c5ccccc5n5c6cc(-c7ccccc7)ccc6c(cc2n3-c2nc(-c3ccc(-c6ccc(-c7ccc(-c8ccc9c(c8)c8c%10c%11ccccc%11n%11c%12cc(-c%13ccccc%13)ccc%12c(cc8n9-c8nc(-c9ccc%12ccccc%12c9)nc9c8oc8ccccc89)c%10%11)cc7)cc6)cc3)nc3c2oc2ccccc23)c45)cc1.